The Balaban J connectivity index is 1.00. The molecule has 0 atom stereocenters. The third-order valence-electron chi connectivity index (χ3n) is 11.7. The van der Waals surface area contributed by atoms with E-state index < -0.39 is 0 Å². The van der Waals surface area contributed by atoms with Crippen LogP contribution in [0.5, 0.6) is 17.2 Å². The number of hydrogen-bond donors (Lipinski definition) is 0. The van der Waals surface area contributed by atoms with Gasteiger partial charge in [-0.3, -0.25) is 9.88 Å². The predicted molar refractivity (Wildman–Crippen MR) is 213 cm³/mol. The molecule has 3 aliphatic heterocycles. The van der Waals surface area contributed by atoms with E-state index in [1.165, 1.54) is 51.6 Å². The Kier molecular flexibility index (Phi) is 12.7. The number of nitriles is 1. The van der Waals surface area contributed by atoms with Crippen LogP contribution in [-0.2, 0) is 24.5 Å². The second-order valence-corrected chi connectivity index (χ2v) is 15.8. The molecule has 0 amide bonds. The van der Waals surface area contributed by atoms with Crippen molar-refractivity contribution in [2.75, 3.05) is 52.5 Å². The van der Waals surface area contributed by atoms with Crippen molar-refractivity contribution < 1.29 is 18.9 Å². The van der Waals surface area contributed by atoms with Gasteiger partial charge in [0.25, 0.3) is 0 Å². The van der Waals surface area contributed by atoms with Gasteiger partial charge >= 0.3 is 0 Å². The molecule has 3 fully saturated rings. The second-order valence-electron chi connectivity index (χ2n) is 15.4. The normalized spacial score (nSPS) is 17.4. The first-order valence-corrected chi connectivity index (χ1v) is 20.0. The summed E-state index contributed by atoms with van der Waals surface area (Å²) in [4.78, 5) is 9.24. The Morgan fingerprint density at radius 1 is 0.796 bits per heavy atom. The second kappa shape index (κ2) is 18.0. The first-order valence-electron chi connectivity index (χ1n) is 19.7. The summed E-state index contributed by atoms with van der Waals surface area (Å²) in [7, 11) is 0. The highest BCUT2D eigenvalue weighted by atomic mass is 35.5. The topological polar surface area (TPSA) is 80.1 Å². The van der Waals surface area contributed by atoms with E-state index in [0.717, 1.165) is 96.3 Å². The predicted octanol–water partition coefficient (Wildman–Crippen LogP) is 9.31. The number of nitrogens with zero attached hydrogens (tertiary/aromatic N) is 4. The summed E-state index contributed by atoms with van der Waals surface area (Å²) in [6, 6.07) is 20.6. The number of likely N-dealkylation sites (tertiary alicyclic amines) is 2. The fourth-order valence-electron chi connectivity index (χ4n) is 8.21. The van der Waals surface area contributed by atoms with Crippen LogP contribution in [0.3, 0.4) is 0 Å². The van der Waals surface area contributed by atoms with Crippen LogP contribution in [0.4, 0.5) is 0 Å². The fourth-order valence-corrected chi connectivity index (χ4v) is 8.45. The largest absolute Gasteiger partial charge is 0.493 e. The maximum absolute atomic E-state index is 9.35. The van der Waals surface area contributed by atoms with Crippen LogP contribution in [0.15, 0.2) is 67.0 Å². The first kappa shape index (κ1) is 38.2. The quantitative estimate of drug-likeness (QED) is 0.118. The molecule has 8 nitrogen and oxygen atoms in total. The molecule has 3 saturated heterocycles. The lowest BCUT2D eigenvalue weighted by Crippen LogP contribution is -2.41. The highest BCUT2D eigenvalue weighted by molar-refractivity contribution is 6.32. The van der Waals surface area contributed by atoms with Gasteiger partial charge in [-0.1, -0.05) is 48.4 Å². The van der Waals surface area contributed by atoms with Crippen LogP contribution in [0.1, 0.15) is 78.3 Å². The van der Waals surface area contributed by atoms with E-state index in [-0.39, 0.29) is 6.61 Å². The molecule has 54 heavy (non-hydrogen) atoms. The van der Waals surface area contributed by atoms with Crippen molar-refractivity contribution in [1.29, 1.82) is 5.26 Å². The summed E-state index contributed by atoms with van der Waals surface area (Å²) in [6.45, 7) is 13.8. The molecule has 0 aliphatic carbocycles. The zero-order valence-electron chi connectivity index (χ0n) is 31.9. The van der Waals surface area contributed by atoms with Gasteiger partial charge in [0.05, 0.1) is 23.8 Å². The van der Waals surface area contributed by atoms with Gasteiger partial charge in [-0.15, -0.1) is 0 Å². The number of pyridine rings is 1. The number of benzene rings is 3. The van der Waals surface area contributed by atoms with Crippen LogP contribution < -0.4 is 14.2 Å². The first-order chi connectivity index (χ1) is 26.4. The number of ether oxygens (including phenoxy) is 4. The maximum atomic E-state index is 9.35. The number of aromatic nitrogens is 1. The van der Waals surface area contributed by atoms with Crippen molar-refractivity contribution in [3.63, 3.8) is 0 Å². The molecule has 9 heteroatoms. The average Bonchev–Trinajstić information content (AvgIpc) is 3.66. The lowest BCUT2D eigenvalue weighted by molar-refractivity contribution is 0.0781. The Morgan fingerprint density at radius 2 is 1.57 bits per heavy atom. The van der Waals surface area contributed by atoms with Crippen LogP contribution in [0.2, 0.25) is 5.02 Å². The Hall–Kier alpha value is -4.13. The van der Waals surface area contributed by atoms with Crippen LogP contribution in [-0.4, -0.2) is 67.3 Å². The summed E-state index contributed by atoms with van der Waals surface area (Å²) in [5.41, 5.74) is 8.52. The minimum atomic E-state index is 0.287. The summed E-state index contributed by atoms with van der Waals surface area (Å²) < 4.78 is 24.9. The van der Waals surface area contributed by atoms with Gasteiger partial charge in [0, 0.05) is 49.3 Å². The zero-order valence-corrected chi connectivity index (χ0v) is 32.6. The maximum Gasteiger partial charge on any atom is 0.142 e. The Morgan fingerprint density at radius 3 is 2.35 bits per heavy atom. The molecule has 0 saturated carbocycles. The SMILES string of the molecule is Cc1c(COc2cc(OCc3cncc(C#N)c3)c(CN3CCCCC3)cc2Cl)cccc1-c1cccc(OCCCN2CCC3(CCOC3)CC2)c1C. The Bertz CT molecular complexity index is 1920. The molecule has 0 radical (unpaired) electrons. The monoisotopic (exact) mass is 748 g/mol. The number of rotatable bonds is 14. The van der Waals surface area contributed by atoms with Gasteiger partial charge in [0.2, 0.25) is 0 Å². The van der Waals surface area contributed by atoms with E-state index in [4.69, 9.17) is 30.5 Å². The van der Waals surface area contributed by atoms with Crippen molar-refractivity contribution in [3.05, 3.63) is 105 Å². The molecule has 4 heterocycles. The molecule has 0 unspecified atom stereocenters. The smallest absolute Gasteiger partial charge is 0.142 e. The summed E-state index contributed by atoms with van der Waals surface area (Å²) >= 11 is 6.90. The van der Waals surface area contributed by atoms with Gasteiger partial charge < -0.3 is 23.8 Å². The molecule has 0 bridgehead atoms. The standard InChI is InChI=1S/C45H53ClN4O4/c1-33-37(9-6-10-39(33)40-11-7-12-42(34(40)2)52-21-8-18-49-19-13-45(14-20-49)15-22-51-32-45)31-54-44-25-43(53-30-36-23-35(26-47)27-48-28-36)38(24-41(44)46)29-50-16-4-3-5-17-50/h6-7,9-12,23-25,27-28H,3-5,8,13-22,29-32H2,1-2H3. The number of hydrogen-bond acceptors (Lipinski definition) is 8. The highest BCUT2D eigenvalue weighted by Gasteiger charge is 2.37. The molecule has 0 N–H and O–H groups in total. The lowest BCUT2D eigenvalue weighted by Gasteiger charge is -2.38. The van der Waals surface area contributed by atoms with E-state index in [2.05, 4.69) is 71.1 Å². The molecule has 4 aromatic rings. The Labute approximate surface area is 326 Å². The number of piperidine rings is 2. The molecule has 1 aromatic heterocycles. The van der Waals surface area contributed by atoms with Crippen molar-refractivity contribution in [1.82, 2.24) is 14.8 Å². The molecule has 3 aliphatic rings. The van der Waals surface area contributed by atoms with Crippen molar-refractivity contribution in [2.24, 2.45) is 5.41 Å². The van der Waals surface area contributed by atoms with E-state index in [1.807, 2.05) is 12.1 Å². The minimum Gasteiger partial charge on any atom is -0.493 e. The van der Waals surface area contributed by atoms with Gasteiger partial charge in [-0.25, -0.2) is 0 Å². The van der Waals surface area contributed by atoms with Crippen molar-refractivity contribution >= 4 is 11.6 Å². The van der Waals surface area contributed by atoms with Crippen LogP contribution in [0.25, 0.3) is 11.1 Å². The van der Waals surface area contributed by atoms with Gasteiger partial charge in [0.15, 0.2) is 0 Å². The molecular weight excluding hydrogens is 696 g/mol. The summed E-state index contributed by atoms with van der Waals surface area (Å²) in [5.74, 6) is 2.24. The van der Waals surface area contributed by atoms with Gasteiger partial charge in [-0.05, 0) is 130 Å². The fraction of sp³-hybridized carbons (Fsp3) is 0.467. The minimum absolute atomic E-state index is 0.287. The average molecular weight is 749 g/mol. The molecule has 284 valence electrons. The number of halogens is 1. The van der Waals surface area contributed by atoms with E-state index in [0.29, 0.717) is 35.0 Å². The van der Waals surface area contributed by atoms with E-state index in [9.17, 15) is 5.26 Å². The molecule has 1 spiro atoms. The van der Waals surface area contributed by atoms with Gasteiger partial charge in [0.1, 0.15) is 36.5 Å². The molecular formula is C45H53ClN4O4. The zero-order chi connectivity index (χ0) is 37.3. The van der Waals surface area contributed by atoms with Gasteiger partial charge in [-0.2, -0.15) is 5.26 Å². The third-order valence-corrected chi connectivity index (χ3v) is 12.0. The highest BCUT2D eigenvalue weighted by Crippen LogP contribution is 2.40. The van der Waals surface area contributed by atoms with E-state index in [1.54, 1.807) is 18.5 Å². The van der Waals surface area contributed by atoms with E-state index >= 15 is 0 Å². The summed E-state index contributed by atoms with van der Waals surface area (Å²) in [5, 5.41) is 9.91. The molecule has 3 aromatic carbocycles. The van der Waals surface area contributed by atoms with Crippen molar-refractivity contribution in [2.45, 2.75) is 78.6 Å². The third kappa shape index (κ3) is 9.38. The lowest BCUT2D eigenvalue weighted by atomic mass is 9.78. The summed E-state index contributed by atoms with van der Waals surface area (Å²) in [6.07, 6.45) is 11.7. The molecule has 7 rings (SSSR count). The van der Waals surface area contributed by atoms with Crippen LogP contribution >= 0.6 is 11.6 Å². The van der Waals surface area contributed by atoms with Crippen molar-refractivity contribution in [3.8, 4) is 34.4 Å². The van der Waals surface area contributed by atoms with Crippen LogP contribution in [0, 0.1) is 30.6 Å².